The summed E-state index contributed by atoms with van der Waals surface area (Å²) in [7, 11) is -6.10. The lowest BCUT2D eigenvalue weighted by Crippen LogP contribution is -2.38. The molecule has 180 valence electrons. The first-order chi connectivity index (χ1) is 15.9. The van der Waals surface area contributed by atoms with Crippen LogP contribution in [-0.2, 0) is 24.8 Å². The Kier molecular flexibility index (Phi) is 7.32. The van der Waals surface area contributed by atoms with E-state index in [0.717, 1.165) is 26.0 Å². The molecule has 0 aliphatic carbocycles. The number of anilines is 3. The maximum absolute atomic E-state index is 13.4. The predicted octanol–water partition coefficient (Wildman–Crippen LogP) is 3.53. The van der Waals surface area contributed by atoms with E-state index in [4.69, 9.17) is 0 Å². The fourth-order valence-corrected chi connectivity index (χ4v) is 5.08. The summed E-state index contributed by atoms with van der Waals surface area (Å²) in [6.07, 6.45) is 1.08. The van der Waals surface area contributed by atoms with Gasteiger partial charge >= 0.3 is 0 Å². The molecule has 0 heterocycles. The van der Waals surface area contributed by atoms with Crippen molar-refractivity contribution in [2.45, 2.75) is 18.7 Å². The second-order valence-corrected chi connectivity index (χ2v) is 11.9. The zero-order valence-electron chi connectivity index (χ0n) is 19.4. The van der Waals surface area contributed by atoms with E-state index in [1.54, 1.807) is 54.6 Å². The highest BCUT2D eigenvalue weighted by Crippen LogP contribution is 2.25. The standard InChI is InChI=1S/C24H27N3O5S2/c1-18-8-12-21(13-9-18)27(34(31,32)23-14-10-19(2)11-15-23)17-24(28)25-20-6-5-7-22(16-20)26(3)33(4,29)30/h5-16H,17H2,1-4H3,(H,25,28). The molecule has 1 N–H and O–H groups in total. The largest absolute Gasteiger partial charge is 0.324 e. The summed E-state index contributed by atoms with van der Waals surface area (Å²) < 4.78 is 52.7. The number of nitrogens with zero attached hydrogens (tertiary/aromatic N) is 2. The Morgan fingerprint density at radius 1 is 0.824 bits per heavy atom. The van der Waals surface area contributed by atoms with Crippen LogP contribution < -0.4 is 13.9 Å². The molecular weight excluding hydrogens is 474 g/mol. The van der Waals surface area contributed by atoms with Gasteiger partial charge in [-0.2, -0.15) is 0 Å². The van der Waals surface area contributed by atoms with Gasteiger partial charge in [-0.1, -0.05) is 41.5 Å². The number of carbonyl (C=O) groups excluding carboxylic acids is 1. The second-order valence-electron chi connectivity index (χ2n) is 7.99. The van der Waals surface area contributed by atoms with Gasteiger partial charge in [0.25, 0.3) is 10.0 Å². The number of hydrogen-bond acceptors (Lipinski definition) is 5. The van der Waals surface area contributed by atoms with Gasteiger partial charge in [0.05, 0.1) is 22.5 Å². The molecule has 0 aliphatic heterocycles. The van der Waals surface area contributed by atoms with E-state index >= 15 is 0 Å². The average molecular weight is 502 g/mol. The highest BCUT2D eigenvalue weighted by molar-refractivity contribution is 7.93. The van der Waals surface area contributed by atoms with Crippen molar-refractivity contribution in [2.75, 3.05) is 33.8 Å². The van der Waals surface area contributed by atoms with Crippen LogP contribution in [0.3, 0.4) is 0 Å². The molecule has 0 atom stereocenters. The highest BCUT2D eigenvalue weighted by Gasteiger charge is 2.27. The van der Waals surface area contributed by atoms with Crippen LogP contribution in [0.25, 0.3) is 0 Å². The number of amides is 1. The number of benzene rings is 3. The molecule has 10 heteroatoms. The minimum atomic E-state index is -4.03. The second kappa shape index (κ2) is 9.86. The molecule has 34 heavy (non-hydrogen) atoms. The van der Waals surface area contributed by atoms with Gasteiger partial charge in [0.1, 0.15) is 6.54 Å². The summed E-state index contributed by atoms with van der Waals surface area (Å²) in [6.45, 7) is 3.28. The van der Waals surface area contributed by atoms with Gasteiger partial charge in [-0.25, -0.2) is 16.8 Å². The minimum Gasteiger partial charge on any atom is -0.324 e. The fourth-order valence-electron chi connectivity index (χ4n) is 3.17. The number of rotatable bonds is 8. The van der Waals surface area contributed by atoms with Crippen molar-refractivity contribution in [1.29, 1.82) is 0 Å². The first-order valence-corrected chi connectivity index (χ1v) is 13.7. The quantitative estimate of drug-likeness (QED) is 0.509. The number of sulfonamides is 2. The van der Waals surface area contributed by atoms with Crippen molar-refractivity contribution in [1.82, 2.24) is 0 Å². The van der Waals surface area contributed by atoms with Crippen molar-refractivity contribution in [3.05, 3.63) is 83.9 Å². The smallest absolute Gasteiger partial charge is 0.264 e. The van der Waals surface area contributed by atoms with Gasteiger partial charge < -0.3 is 5.32 Å². The summed E-state index contributed by atoms with van der Waals surface area (Å²) in [5.74, 6) is -0.574. The predicted molar refractivity (Wildman–Crippen MR) is 135 cm³/mol. The lowest BCUT2D eigenvalue weighted by atomic mass is 10.2. The van der Waals surface area contributed by atoms with Crippen LogP contribution >= 0.6 is 0 Å². The van der Waals surface area contributed by atoms with Crippen molar-refractivity contribution in [3.8, 4) is 0 Å². The first-order valence-electron chi connectivity index (χ1n) is 10.4. The zero-order chi connectivity index (χ0) is 25.1. The first kappa shape index (κ1) is 25.3. The topological polar surface area (TPSA) is 104 Å². The van der Waals surface area contributed by atoms with E-state index in [0.29, 0.717) is 17.1 Å². The minimum absolute atomic E-state index is 0.0725. The Morgan fingerprint density at radius 2 is 1.38 bits per heavy atom. The van der Waals surface area contributed by atoms with Crippen molar-refractivity contribution < 1.29 is 21.6 Å². The molecule has 3 aromatic carbocycles. The normalized spacial score (nSPS) is 11.6. The van der Waals surface area contributed by atoms with Gasteiger partial charge in [0, 0.05) is 12.7 Å². The molecule has 0 fully saturated rings. The number of hydrogen-bond donors (Lipinski definition) is 1. The van der Waals surface area contributed by atoms with Crippen molar-refractivity contribution in [3.63, 3.8) is 0 Å². The van der Waals surface area contributed by atoms with E-state index in [1.165, 1.54) is 25.2 Å². The molecular formula is C24H27N3O5S2. The summed E-state index contributed by atoms with van der Waals surface area (Å²) in [4.78, 5) is 13.0. The fraction of sp³-hybridized carbons (Fsp3) is 0.208. The van der Waals surface area contributed by atoms with E-state index in [1.807, 2.05) is 13.8 Å². The Labute approximate surface area is 200 Å². The van der Waals surface area contributed by atoms with Crippen LogP contribution in [0.1, 0.15) is 11.1 Å². The van der Waals surface area contributed by atoms with Gasteiger partial charge in [-0.3, -0.25) is 13.4 Å². The van der Waals surface area contributed by atoms with Crippen LogP contribution in [0.5, 0.6) is 0 Å². The monoisotopic (exact) mass is 501 g/mol. The molecule has 0 radical (unpaired) electrons. The molecule has 0 aromatic heterocycles. The third-order valence-corrected chi connectivity index (χ3v) is 8.20. The van der Waals surface area contributed by atoms with Gasteiger partial charge in [0.2, 0.25) is 15.9 Å². The van der Waals surface area contributed by atoms with Crippen LogP contribution in [0.15, 0.2) is 77.7 Å². The average Bonchev–Trinajstić information content (AvgIpc) is 2.77. The number of carbonyl (C=O) groups is 1. The van der Waals surface area contributed by atoms with Crippen molar-refractivity contribution >= 4 is 43.0 Å². The Morgan fingerprint density at radius 3 is 1.94 bits per heavy atom. The molecule has 0 unspecified atom stereocenters. The van der Waals surface area contributed by atoms with E-state index in [-0.39, 0.29) is 4.90 Å². The SMILES string of the molecule is Cc1ccc(N(CC(=O)Nc2cccc(N(C)S(C)(=O)=O)c2)S(=O)(=O)c2ccc(C)cc2)cc1. The van der Waals surface area contributed by atoms with Gasteiger partial charge in [-0.05, 0) is 56.3 Å². The molecule has 8 nitrogen and oxygen atoms in total. The molecule has 0 spiro atoms. The van der Waals surface area contributed by atoms with Crippen LogP contribution in [0, 0.1) is 13.8 Å². The van der Waals surface area contributed by atoms with Crippen molar-refractivity contribution in [2.24, 2.45) is 0 Å². The van der Waals surface area contributed by atoms with Crippen LogP contribution in [0.2, 0.25) is 0 Å². The third-order valence-electron chi connectivity index (χ3n) is 5.21. The molecule has 0 aliphatic rings. The molecule has 0 bridgehead atoms. The summed E-state index contributed by atoms with van der Waals surface area (Å²) in [5.41, 5.74) is 2.93. The highest BCUT2D eigenvalue weighted by atomic mass is 32.2. The summed E-state index contributed by atoms with van der Waals surface area (Å²) in [6, 6.07) is 19.6. The maximum atomic E-state index is 13.4. The van der Waals surface area contributed by atoms with E-state index in [9.17, 15) is 21.6 Å². The molecule has 3 aromatic rings. The zero-order valence-corrected chi connectivity index (χ0v) is 21.0. The Balaban J connectivity index is 1.91. The molecule has 0 saturated heterocycles. The summed E-state index contributed by atoms with van der Waals surface area (Å²) in [5, 5.41) is 2.67. The molecule has 0 saturated carbocycles. The van der Waals surface area contributed by atoms with E-state index < -0.39 is 32.5 Å². The molecule has 3 rings (SSSR count). The van der Waals surface area contributed by atoms with Crippen LogP contribution in [-0.4, -0.2) is 42.6 Å². The van der Waals surface area contributed by atoms with Gasteiger partial charge in [0.15, 0.2) is 0 Å². The summed E-state index contributed by atoms with van der Waals surface area (Å²) >= 11 is 0. The number of aryl methyl sites for hydroxylation is 2. The molecule has 1 amide bonds. The van der Waals surface area contributed by atoms with Crippen LogP contribution in [0.4, 0.5) is 17.1 Å². The lowest BCUT2D eigenvalue weighted by molar-refractivity contribution is -0.114. The third kappa shape index (κ3) is 5.95. The van der Waals surface area contributed by atoms with Gasteiger partial charge in [-0.15, -0.1) is 0 Å². The Hall–Kier alpha value is -3.37. The lowest BCUT2D eigenvalue weighted by Gasteiger charge is -2.24. The number of nitrogens with one attached hydrogen (secondary N) is 1. The maximum Gasteiger partial charge on any atom is 0.264 e. The Bertz CT molecular complexity index is 1390. The van der Waals surface area contributed by atoms with E-state index in [2.05, 4.69) is 5.32 Å².